The Bertz CT molecular complexity index is 618. The third-order valence-corrected chi connectivity index (χ3v) is 3.57. The molecule has 0 unspecified atom stereocenters. The molecule has 0 saturated carbocycles. The first-order chi connectivity index (χ1) is 8.63. The zero-order chi connectivity index (χ0) is 13.1. The summed E-state index contributed by atoms with van der Waals surface area (Å²) in [6.07, 6.45) is 0.831. The van der Waals surface area contributed by atoms with Crippen molar-refractivity contribution in [2.45, 2.75) is 27.2 Å². The highest BCUT2D eigenvalue weighted by Gasteiger charge is 2.07. The molecule has 0 heterocycles. The Morgan fingerprint density at radius 2 is 1.50 bits per heavy atom. The van der Waals surface area contributed by atoms with Crippen molar-refractivity contribution >= 4 is 0 Å². The highest BCUT2D eigenvalue weighted by atomic mass is 14.3. The lowest BCUT2D eigenvalue weighted by atomic mass is 9.93. The van der Waals surface area contributed by atoms with Crippen LogP contribution < -0.4 is 0 Å². The second-order valence-corrected chi connectivity index (χ2v) is 4.76. The van der Waals surface area contributed by atoms with Crippen LogP contribution in [0, 0.1) is 32.1 Å². The van der Waals surface area contributed by atoms with Gasteiger partial charge in [-0.25, -0.2) is 0 Å². The molecule has 0 saturated heterocycles. The van der Waals surface area contributed by atoms with E-state index in [1.54, 1.807) is 0 Å². The second-order valence-electron chi connectivity index (χ2n) is 4.76. The smallest absolute Gasteiger partial charge is 0.0997 e. The van der Waals surface area contributed by atoms with Crippen molar-refractivity contribution in [3.8, 4) is 6.07 Å². The Labute approximate surface area is 109 Å². The van der Waals surface area contributed by atoms with Crippen molar-refractivity contribution in [1.82, 2.24) is 0 Å². The first kappa shape index (κ1) is 12.4. The van der Waals surface area contributed by atoms with E-state index in [2.05, 4.69) is 38.1 Å². The first-order valence-electron chi connectivity index (χ1n) is 6.17. The Balaban J connectivity index is 2.44. The molecule has 2 aromatic rings. The van der Waals surface area contributed by atoms with Crippen LogP contribution in [0.5, 0.6) is 0 Å². The Kier molecular flexibility index (Phi) is 3.48. The number of rotatable bonds is 2. The van der Waals surface area contributed by atoms with Gasteiger partial charge in [0.2, 0.25) is 0 Å². The molecule has 0 aromatic heterocycles. The van der Waals surface area contributed by atoms with E-state index in [1.165, 1.54) is 16.7 Å². The van der Waals surface area contributed by atoms with E-state index in [0.29, 0.717) is 0 Å². The molecule has 90 valence electrons. The zero-order valence-electron chi connectivity index (χ0n) is 11.1. The quantitative estimate of drug-likeness (QED) is 0.769. The van der Waals surface area contributed by atoms with Crippen LogP contribution in [0.3, 0.4) is 0 Å². The molecule has 0 amide bonds. The van der Waals surface area contributed by atoms with E-state index in [0.717, 1.165) is 23.1 Å². The predicted molar refractivity (Wildman–Crippen MR) is 74.6 cm³/mol. The maximum Gasteiger partial charge on any atom is 0.0997 e. The summed E-state index contributed by atoms with van der Waals surface area (Å²) in [5, 5.41) is 9.25. The summed E-state index contributed by atoms with van der Waals surface area (Å²) in [7, 11) is 0. The van der Waals surface area contributed by atoms with E-state index < -0.39 is 0 Å². The van der Waals surface area contributed by atoms with Gasteiger partial charge >= 0.3 is 0 Å². The third-order valence-electron chi connectivity index (χ3n) is 3.57. The van der Waals surface area contributed by atoms with Crippen molar-refractivity contribution in [1.29, 1.82) is 5.26 Å². The highest BCUT2D eigenvalue weighted by Crippen LogP contribution is 2.20. The largest absolute Gasteiger partial charge is 0.192 e. The molecule has 2 aromatic carbocycles. The summed E-state index contributed by atoms with van der Waals surface area (Å²) in [6.45, 7) is 6.26. The van der Waals surface area contributed by atoms with Gasteiger partial charge in [-0.15, -0.1) is 0 Å². The molecule has 1 nitrogen and oxygen atoms in total. The monoisotopic (exact) mass is 235 g/mol. The molecule has 18 heavy (non-hydrogen) atoms. The van der Waals surface area contributed by atoms with Gasteiger partial charge in [-0.1, -0.05) is 36.4 Å². The number of hydrogen-bond acceptors (Lipinski definition) is 1. The van der Waals surface area contributed by atoms with Crippen molar-refractivity contribution in [2.24, 2.45) is 0 Å². The fourth-order valence-corrected chi connectivity index (χ4v) is 2.24. The molecule has 0 fully saturated rings. The highest BCUT2D eigenvalue weighted by molar-refractivity contribution is 5.47. The van der Waals surface area contributed by atoms with Crippen molar-refractivity contribution in [2.75, 3.05) is 0 Å². The molecule has 0 radical (unpaired) electrons. The number of nitrogens with zero attached hydrogens (tertiary/aromatic N) is 1. The summed E-state index contributed by atoms with van der Waals surface area (Å²) in [5.41, 5.74) is 6.92. The van der Waals surface area contributed by atoms with Crippen molar-refractivity contribution in [3.05, 3.63) is 69.8 Å². The van der Waals surface area contributed by atoms with Crippen LogP contribution >= 0.6 is 0 Å². The third kappa shape index (κ3) is 2.28. The molecule has 0 atom stereocenters. The van der Waals surface area contributed by atoms with E-state index in [-0.39, 0.29) is 0 Å². The summed E-state index contributed by atoms with van der Waals surface area (Å²) in [4.78, 5) is 0. The lowest BCUT2D eigenvalue weighted by molar-refractivity contribution is 1.12. The van der Waals surface area contributed by atoms with Gasteiger partial charge in [-0.3, -0.25) is 0 Å². The fraction of sp³-hybridized carbons (Fsp3) is 0.235. The Morgan fingerprint density at radius 1 is 0.889 bits per heavy atom. The van der Waals surface area contributed by atoms with Gasteiger partial charge < -0.3 is 0 Å². The maximum absolute atomic E-state index is 9.25. The summed E-state index contributed by atoms with van der Waals surface area (Å²) in [6, 6.07) is 14.7. The van der Waals surface area contributed by atoms with Crippen LogP contribution in [-0.4, -0.2) is 0 Å². The van der Waals surface area contributed by atoms with Crippen LogP contribution in [0.15, 0.2) is 36.4 Å². The lowest BCUT2D eigenvalue weighted by Crippen LogP contribution is -1.98. The molecule has 2 rings (SSSR count). The average molecular weight is 235 g/mol. The normalized spacial score (nSPS) is 10.1. The number of aryl methyl sites for hydroxylation is 2. The van der Waals surface area contributed by atoms with Gasteiger partial charge in [-0.2, -0.15) is 5.26 Å². The minimum absolute atomic E-state index is 0.818. The summed E-state index contributed by atoms with van der Waals surface area (Å²) in [5.74, 6) is 0. The van der Waals surface area contributed by atoms with E-state index in [9.17, 15) is 5.26 Å². The molecular formula is C17H17N. The molecule has 0 spiro atoms. The van der Waals surface area contributed by atoms with Gasteiger partial charge in [0.05, 0.1) is 11.6 Å². The first-order valence-corrected chi connectivity index (χ1v) is 6.17. The van der Waals surface area contributed by atoms with Crippen molar-refractivity contribution in [3.63, 3.8) is 0 Å². The van der Waals surface area contributed by atoms with Crippen LogP contribution in [-0.2, 0) is 6.42 Å². The van der Waals surface area contributed by atoms with Crippen molar-refractivity contribution < 1.29 is 0 Å². The molecular weight excluding hydrogens is 218 g/mol. The number of nitriles is 1. The Hall–Kier alpha value is -2.07. The fourth-order valence-electron chi connectivity index (χ4n) is 2.24. The maximum atomic E-state index is 9.25. The topological polar surface area (TPSA) is 23.8 Å². The summed E-state index contributed by atoms with van der Waals surface area (Å²) < 4.78 is 0. The van der Waals surface area contributed by atoms with Gasteiger partial charge in [0.1, 0.15) is 0 Å². The summed E-state index contributed by atoms with van der Waals surface area (Å²) >= 11 is 0. The number of hydrogen-bond donors (Lipinski definition) is 0. The minimum Gasteiger partial charge on any atom is -0.192 e. The Morgan fingerprint density at radius 3 is 2.17 bits per heavy atom. The zero-order valence-corrected chi connectivity index (χ0v) is 11.1. The second kappa shape index (κ2) is 5.06. The predicted octanol–water partition coefficient (Wildman–Crippen LogP) is 4.07. The van der Waals surface area contributed by atoms with E-state index in [1.807, 2.05) is 25.1 Å². The minimum atomic E-state index is 0.818. The molecule has 0 aliphatic carbocycles. The van der Waals surface area contributed by atoms with Crippen LogP contribution in [0.25, 0.3) is 0 Å². The van der Waals surface area contributed by atoms with Crippen LogP contribution in [0.4, 0.5) is 0 Å². The van der Waals surface area contributed by atoms with E-state index in [4.69, 9.17) is 0 Å². The molecule has 0 aliphatic heterocycles. The van der Waals surface area contributed by atoms with Gasteiger partial charge in [0.15, 0.2) is 0 Å². The van der Waals surface area contributed by atoms with Gasteiger partial charge in [0, 0.05) is 0 Å². The van der Waals surface area contributed by atoms with Gasteiger partial charge in [-0.05, 0) is 55.0 Å². The SMILES string of the molecule is Cc1cccc(Cc2cccc(C)c2C#N)c1C. The molecule has 0 N–H and O–H groups in total. The molecule has 0 aliphatic rings. The molecule has 0 bridgehead atoms. The lowest BCUT2D eigenvalue weighted by Gasteiger charge is -2.10. The van der Waals surface area contributed by atoms with Crippen LogP contribution in [0.2, 0.25) is 0 Å². The number of benzene rings is 2. The standard InChI is InChI=1S/C17H17N/c1-12-6-4-8-15(14(12)3)10-16-9-5-7-13(2)17(16)11-18/h4-9H,10H2,1-3H3. The van der Waals surface area contributed by atoms with Gasteiger partial charge in [0.25, 0.3) is 0 Å². The molecule has 1 heteroatoms. The average Bonchev–Trinajstić information content (AvgIpc) is 2.35. The van der Waals surface area contributed by atoms with Crippen LogP contribution in [0.1, 0.15) is 33.4 Å². The van der Waals surface area contributed by atoms with E-state index >= 15 is 0 Å².